The monoisotopic (exact) mass is 859 g/mol. The predicted octanol–water partition coefficient (Wildman–Crippen LogP) is 17.5. The number of thiophene rings is 1. The molecule has 0 N–H and O–H groups in total. The summed E-state index contributed by atoms with van der Waals surface area (Å²) in [6.07, 6.45) is 0. The van der Waals surface area contributed by atoms with Crippen molar-refractivity contribution in [1.82, 2.24) is 0 Å². The van der Waals surface area contributed by atoms with Gasteiger partial charge in [0.25, 0.3) is 0 Å². The van der Waals surface area contributed by atoms with Crippen LogP contribution in [0.1, 0.15) is 47.2 Å². The zero-order valence-electron chi connectivity index (χ0n) is 36.9. The minimum absolute atomic E-state index is 0.145. The van der Waals surface area contributed by atoms with Crippen molar-refractivity contribution >= 4 is 48.6 Å². The summed E-state index contributed by atoms with van der Waals surface area (Å²) in [5, 5.41) is 2.54. The second kappa shape index (κ2) is 14.9. The van der Waals surface area contributed by atoms with Crippen molar-refractivity contribution in [1.29, 1.82) is 0 Å². The van der Waals surface area contributed by atoms with Crippen LogP contribution < -0.4 is 4.90 Å². The normalized spacial score (nSPS) is 13.8. The highest BCUT2D eigenvalue weighted by molar-refractivity contribution is 7.27. The Morgan fingerprint density at radius 1 is 0.318 bits per heavy atom. The quantitative estimate of drug-likeness (QED) is 0.161. The Bertz CT molecular complexity index is 3620. The molecule has 13 rings (SSSR count). The summed E-state index contributed by atoms with van der Waals surface area (Å²) in [6.45, 7) is 4.79. The lowest BCUT2D eigenvalue weighted by atomic mass is 9.55. The van der Waals surface area contributed by atoms with Gasteiger partial charge < -0.3 is 4.90 Å². The van der Waals surface area contributed by atoms with Crippen molar-refractivity contribution in [2.24, 2.45) is 0 Å². The largest absolute Gasteiger partial charge is 0.308 e. The Morgan fingerprint density at radius 2 is 0.803 bits per heavy atom. The zero-order chi connectivity index (χ0) is 44.0. The number of anilines is 3. The molecule has 66 heavy (non-hydrogen) atoms. The molecule has 0 fully saturated rings. The number of benzene rings is 10. The second-order valence-electron chi connectivity index (χ2n) is 18.3. The van der Waals surface area contributed by atoms with Gasteiger partial charge >= 0.3 is 0 Å². The van der Waals surface area contributed by atoms with E-state index in [2.05, 4.69) is 255 Å². The van der Waals surface area contributed by atoms with Gasteiger partial charge in [-0.05, 0) is 103 Å². The van der Waals surface area contributed by atoms with Crippen LogP contribution in [-0.2, 0) is 10.8 Å². The highest BCUT2D eigenvalue weighted by Crippen LogP contribution is 2.62. The molecule has 0 atom stereocenters. The lowest BCUT2D eigenvalue weighted by Gasteiger charge is -2.46. The van der Waals surface area contributed by atoms with Crippen molar-refractivity contribution in [3.8, 4) is 44.5 Å². The van der Waals surface area contributed by atoms with Crippen LogP contribution in [0, 0.1) is 0 Å². The van der Waals surface area contributed by atoms with Crippen LogP contribution in [0.2, 0.25) is 0 Å². The summed E-state index contributed by atoms with van der Waals surface area (Å²) in [6, 6.07) is 88.0. The molecule has 312 valence electrons. The van der Waals surface area contributed by atoms with E-state index in [9.17, 15) is 0 Å². The van der Waals surface area contributed by atoms with Gasteiger partial charge in [-0.25, -0.2) is 0 Å². The van der Waals surface area contributed by atoms with Crippen LogP contribution in [0.4, 0.5) is 17.1 Å². The van der Waals surface area contributed by atoms with Crippen LogP contribution in [0.25, 0.3) is 64.7 Å². The van der Waals surface area contributed by atoms with E-state index in [1.54, 1.807) is 0 Å². The van der Waals surface area contributed by atoms with Gasteiger partial charge in [0.2, 0.25) is 0 Å². The summed E-state index contributed by atoms with van der Waals surface area (Å²) < 4.78 is 2.56. The first-order chi connectivity index (χ1) is 32.5. The molecule has 2 heteroatoms. The standard InChI is InChI=1S/C64H45NS/c1-63(2)54-29-12-14-31-56(54)64(57-32-15-13-30-55(57)63)53-28-11-9-24-49(53)50-40-37-45(41-58(50)64)48-25-17-26-51-52-27-18-34-60(62(52)66-61(48)51)65(46-38-35-43(36-39-46)42-19-5-3-6-20-42)59-33-16-10-23-47(59)44-21-7-4-8-22-44/h3-41H,1-2H3. The van der Waals surface area contributed by atoms with Crippen LogP contribution in [0.5, 0.6) is 0 Å². The van der Waals surface area contributed by atoms with Crippen LogP contribution in [-0.4, -0.2) is 0 Å². The molecule has 2 aliphatic rings. The third-order valence-corrected chi connectivity index (χ3v) is 15.8. The molecule has 10 aromatic carbocycles. The maximum absolute atomic E-state index is 2.54. The summed E-state index contributed by atoms with van der Waals surface area (Å²) in [5.74, 6) is 0. The Morgan fingerprint density at radius 3 is 1.50 bits per heavy atom. The fraction of sp³-hybridized carbons (Fsp3) is 0.0625. The van der Waals surface area contributed by atoms with Gasteiger partial charge in [0, 0.05) is 32.1 Å². The lowest BCUT2D eigenvalue weighted by molar-refractivity contribution is 0.563. The van der Waals surface area contributed by atoms with Gasteiger partial charge in [0.15, 0.2) is 0 Å². The van der Waals surface area contributed by atoms with Crippen molar-refractivity contribution < 1.29 is 0 Å². The molecule has 1 heterocycles. The van der Waals surface area contributed by atoms with E-state index < -0.39 is 5.41 Å². The van der Waals surface area contributed by atoms with E-state index in [0.717, 1.165) is 17.1 Å². The fourth-order valence-corrected chi connectivity index (χ4v) is 12.9. The second-order valence-corrected chi connectivity index (χ2v) is 19.4. The molecule has 1 spiro atoms. The van der Waals surface area contributed by atoms with Gasteiger partial charge in [0.1, 0.15) is 0 Å². The molecule has 0 unspecified atom stereocenters. The Balaban J connectivity index is 1.03. The SMILES string of the molecule is CC1(C)c2ccccc2C2(c3ccccc3-c3ccc(-c4cccc5c4sc4c(N(c6ccc(-c7ccccc7)cc6)c6ccccc6-c6ccccc6)cccc45)cc32)c2ccccc21. The first-order valence-corrected chi connectivity index (χ1v) is 23.8. The van der Waals surface area contributed by atoms with Gasteiger partial charge in [-0.3, -0.25) is 0 Å². The molecular formula is C64H45NS. The smallest absolute Gasteiger partial charge is 0.0719 e. The average molecular weight is 860 g/mol. The average Bonchev–Trinajstić information content (AvgIpc) is 3.91. The molecule has 2 aliphatic carbocycles. The number of para-hydroxylation sites is 1. The van der Waals surface area contributed by atoms with Crippen LogP contribution in [0.15, 0.2) is 237 Å². The highest BCUT2D eigenvalue weighted by Gasteiger charge is 2.53. The topological polar surface area (TPSA) is 3.24 Å². The first kappa shape index (κ1) is 38.7. The molecule has 11 aromatic rings. The van der Waals surface area contributed by atoms with E-state index in [-0.39, 0.29) is 5.41 Å². The van der Waals surface area contributed by atoms with Gasteiger partial charge in [-0.1, -0.05) is 220 Å². The van der Waals surface area contributed by atoms with Gasteiger partial charge in [0.05, 0.1) is 21.5 Å². The van der Waals surface area contributed by atoms with Crippen LogP contribution in [0.3, 0.4) is 0 Å². The maximum atomic E-state index is 2.54. The van der Waals surface area contributed by atoms with E-state index in [0.29, 0.717) is 0 Å². The van der Waals surface area contributed by atoms with Gasteiger partial charge in [-0.2, -0.15) is 0 Å². The van der Waals surface area contributed by atoms with Crippen molar-refractivity contribution in [3.05, 3.63) is 270 Å². The summed E-state index contributed by atoms with van der Waals surface area (Å²) in [4.78, 5) is 2.48. The van der Waals surface area contributed by atoms with Crippen molar-refractivity contribution in [2.45, 2.75) is 24.7 Å². The molecule has 0 aliphatic heterocycles. The molecule has 1 nitrogen and oxygen atoms in total. The van der Waals surface area contributed by atoms with Crippen molar-refractivity contribution in [3.63, 3.8) is 0 Å². The maximum Gasteiger partial charge on any atom is 0.0719 e. The summed E-state index contributed by atoms with van der Waals surface area (Å²) >= 11 is 1.91. The highest BCUT2D eigenvalue weighted by atomic mass is 32.1. The van der Waals surface area contributed by atoms with Gasteiger partial charge in [-0.15, -0.1) is 11.3 Å². The number of fused-ring (bicyclic) bond motifs is 12. The lowest BCUT2D eigenvalue weighted by Crippen LogP contribution is -2.40. The van der Waals surface area contributed by atoms with E-state index in [4.69, 9.17) is 0 Å². The Kier molecular flexibility index (Phi) is 8.72. The molecule has 0 saturated heterocycles. The van der Waals surface area contributed by atoms with E-state index in [1.807, 2.05) is 11.3 Å². The predicted molar refractivity (Wildman–Crippen MR) is 280 cm³/mol. The van der Waals surface area contributed by atoms with Crippen molar-refractivity contribution in [2.75, 3.05) is 4.90 Å². The Hall–Kier alpha value is -7.78. The molecule has 1 aromatic heterocycles. The fourth-order valence-electron chi connectivity index (χ4n) is 11.6. The molecule has 0 saturated carbocycles. The molecule has 0 radical (unpaired) electrons. The third-order valence-electron chi connectivity index (χ3n) is 14.6. The zero-order valence-corrected chi connectivity index (χ0v) is 37.7. The minimum atomic E-state index is -0.450. The number of hydrogen-bond donors (Lipinski definition) is 0. The summed E-state index contributed by atoms with van der Waals surface area (Å²) in [7, 11) is 0. The number of rotatable bonds is 6. The minimum Gasteiger partial charge on any atom is -0.308 e. The van der Waals surface area contributed by atoms with Crippen LogP contribution >= 0.6 is 11.3 Å². The molecule has 0 bridgehead atoms. The first-order valence-electron chi connectivity index (χ1n) is 23.0. The van der Waals surface area contributed by atoms with E-state index >= 15 is 0 Å². The molecule has 0 amide bonds. The Labute approximate surface area is 390 Å². The molecular weight excluding hydrogens is 815 g/mol. The number of nitrogens with zero attached hydrogens (tertiary/aromatic N) is 1. The van der Waals surface area contributed by atoms with E-state index in [1.165, 1.54) is 98.1 Å². The number of hydrogen-bond acceptors (Lipinski definition) is 2. The summed E-state index contributed by atoms with van der Waals surface area (Å²) in [5.41, 5.74) is 21.0. The third kappa shape index (κ3) is 5.58.